The lowest BCUT2D eigenvalue weighted by Crippen LogP contribution is -2.05. The lowest BCUT2D eigenvalue weighted by Gasteiger charge is -2.10. The molecule has 2 rings (SSSR count). The molecule has 2 N–H and O–H groups in total. The zero-order chi connectivity index (χ0) is 14.7. The van der Waals surface area contributed by atoms with E-state index < -0.39 is 4.92 Å². The highest BCUT2D eigenvalue weighted by atomic mass is 16.6. The molecule has 0 aliphatic carbocycles. The van der Waals surface area contributed by atoms with Gasteiger partial charge < -0.3 is 10.5 Å². The molecule has 104 valence electrons. The predicted octanol–water partition coefficient (Wildman–Crippen LogP) is 3.11. The second-order valence-corrected chi connectivity index (χ2v) is 4.50. The first-order valence-electron chi connectivity index (χ1n) is 6.12. The lowest BCUT2D eigenvalue weighted by molar-refractivity contribution is -0.385. The third-order valence-electron chi connectivity index (χ3n) is 2.88. The van der Waals surface area contributed by atoms with E-state index in [1.54, 1.807) is 37.4 Å². The van der Waals surface area contributed by atoms with Crippen LogP contribution in [0.4, 0.5) is 5.69 Å². The topological polar surface area (TPSA) is 91.3 Å². The number of rotatable bonds is 4. The minimum atomic E-state index is -0.474. The molecule has 1 heterocycles. The van der Waals surface area contributed by atoms with Crippen molar-refractivity contribution in [1.82, 2.24) is 4.98 Å². The van der Waals surface area contributed by atoms with E-state index in [1.165, 1.54) is 6.07 Å². The number of aromatic nitrogens is 1. The molecule has 0 saturated carbocycles. The van der Waals surface area contributed by atoms with Crippen LogP contribution in [0.25, 0.3) is 0 Å². The Morgan fingerprint density at radius 2 is 2.15 bits per heavy atom. The molecule has 0 spiro atoms. The van der Waals surface area contributed by atoms with Gasteiger partial charge in [-0.2, -0.15) is 0 Å². The van der Waals surface area contributed by atoms with Crippen molar-refractivity contribution in [2.45, 2.75) is 19.9 Å². The maximum Gasteiger partial charge on any atom is 0.311 e. The minimum absolute atomic E-state index is 0.0852. The van der Waals surface area contributed by atoms with Crippen molar-refractivity contribution in [2.75, 3.05) is 0 Å². The molecular weight excluding hydrogens is 258 g/mol. The Morgan fingerprint density at radius 1 is 1.40 bits per heavy atom. The molecule has 1 atom stereocenters. The summed E-state index contributed by atoms with van der Waals surface area (Å²) in [6.45, 7) is 3.59. The lowest BCUT2D eigenvalue weighted by atomic mass is 10.1. The van der Waals surface area contributed by atoms with Crippen LogP contribution in [-0.2, 0) is 0 Å². The van der Waals surface area contributed by atoms with Gasteiger partial charge in [-0.3, -0.25) is 10.1 Å². The fourth-order valence-corrected chi connectivity index (χ4v) is 1.78. The first kappa shape index (κ1) is 14.0. The Hall–Kier alpha value is -2.47. The average molecular weight is 273 g/mol. The number of hydrogen-bond acceptors (Lipinski definition) is 5. The van der Waals surface area contributed by atoms with Crippen LogP contribution in [-0.4, -0.2) is 9.91 Å². The molecule has 20 heavy (non-hydrogen) atoms. The predicted molar refractivity (Wildman–Crippen MR) is 74.7 cm³/mol. The van der Waals surface area contributed by atoms with Gasteiger partial charge in [-0.05, 0) is 31.0 Å². The van der Waals surface area contributed by atoms with E-state index >= 15 is 0 Å². The highest BCUT2D eigenvalue weighted by molar-refractivity contribution is 5.52. The SMILES string of the molecule is Cc1cccc([N+](=O)[O-])c1Oc1cc(C(C)N)ccn1. The number of para-hydroxylation sites is 1. The Balaban J connectivity index is 2.40. The molecule has 1 aromatic heterocycles. The number of benzene rings is 1. The van der Waals surface area contributed by atoms with Gasteiger partial charge in [0.2, 0.25) is 11.6 Å². The Kier molecular flexibility index (Phi) is 3.95. The van der Waals surface area contributed by atoms with E-state index in [9.17, 15) is 10.1 Å². The van der Waals surface area contributed by atoms with Crippen LogP contribution >= 0.6 is 0 Å². The number of pyridine rings is 1. The number of nitro benzene ring substituents is 1. The molecule has 0 aliphatic rings. The maximum atomic E-state index is 11.0. The van der Waals surface area contributed by atoms with Crippen molar-refractivity contribution in [1.29, 1.82) is 0 Å². The molecule has 2 aromatic rings. The van der Waals surface area contributed by atoms with Gasteiger partial charge >= 0.3 is 5.69 Å². The summed E-state index contributed by atoms with van der Waals surface area (Å²) in [6.07, 6.45) is 1.57. The van der Waals surface area contributed by atoms with Gasteiger partial charge in [0.1, 0.15) is 0 Å². The Morgan fingerprint density at radius 3 is 2.80 bits per heavy atom. The molecule has 1 aromatic carbocycles. The Bertz CT molecular complexity index is 641. The standard InChI is InChI=1S/C14H15N3O3/c1-9-4-3-5-12(17(18)19)14(9)20-13-8-11(10(2)15)6-7-16-13/h3-8,10H,15H2,1-2H3. The summed E-state index contributed by atoms with van der Waals surface area (Å²) in [5.41, 5.74) is 7.23. The summed E-state index contributed by atoms with van der Waals surface area (Å²) in [6, 6.07) is 8.07. The summed E-state index contributed by atoms with van der Waals surface area (Å²) in [7, 11) is 0. The van der Waals surface area contributed by atoms with Crippen molar-refractivity contribution in [3.8, 4) is 11.6 Å². The molecule has 6 heteroatoms. The molecule has 1 unspecified atom stereocenters. The molecule has 0 bridgehead atoms. The van der Waals surface area contributed by atoms with Crippen molar-refractivity contribution in [3.05, 3.63) is 57.8 Å². The maximum absolute atomic E-state index is 11.0. The van der Waals surface area contributed by atoms with Gasteiger partial charge in [0, 0.05) is 24.4 Å². The Labute approximate surface area is 116 Å². The van der Waals surface area contributed by atoms with Crippen molar-refractivity contribution in [2.24, 2.45) is 5.73 Å². The third-order valence-corrected chi connectivity index (χ3v) is 2.88. The van der Waals surface area contributed by atoms with E-state index in [4.69, 9.17) is 10.5 Å². The monoisotopic (exact) mass is 273 g/mol. The molecule has 0 saturated heterocycles. The van der Waals surface area contributed by atoms with Gasteiger partial charge in [0.25, 0.3) is 0 Å². The van der Waals surface area contributed by atoms with Crippen LogP contribution in [0.15, 0.2) is 36.5 Å². The quantitative estimate of drug-likeness (QED) is 0.682. The fraction of sp³-hybridized carbons (Fsp3) is 0.214. The van der Waals surface area contributed by atoms with E-state index in [0.717, 1.165) is 5.56 Å². The normalized spacial score (nSPS) is 11.9. The minimum Gasteiger partial charge on any atom is -0.432 e. The van der Waals surface area contributed by atoms with Crippen LogP contribution in [0.5, 0.6) is 11.6 Å². The first-order chi connectivity index (χ1) is 9.49. The van der Waals surface area contributed by atoms with E-state index in [1.807, 2.05) is 6.92 Å². The van der Waals surface area contributed by atoms with Crippen molar-refractivity contribution >= 4 is 5.69 Å². The van der Waals surface area contributed by atoms with E-state index in [0.29, 0.717) is 5.56 Å². The number of aryl methyl sites for hydroxylation is 1. The number of nitro groups is 1. The molecule has 6 nitrogen and oxygen atoms in total. The number of hydrogen-bond donors (Lipinski definition) is 1. The average Bonchev–Trinajstić information content (AvgIpc) is 2.41. The van der Waals surface area contributed by atoms with Crippen LogP contribution in [0, 0.1) is 17.0 Å². The summed E-state index contributed by atoms with van der Waals surface area (Å²) >= 11 is 0. The number of ether oxygens (including phenoxy) is 1. The smallest absolute Gasteiger partial charge is 0.311 e. The summed E-state index contributed by atoms with van der Waals surface area (Å²) in [5.74, 6) is 0.490. The molecule has 0 aliphatic heterocycles. The summed E-state index contributed by atoms with van der Waals surface area (Å²) < 4.78 is 5.58. The van der Waals surface area contributed by atoms with Gasteiger partial charge in [0.05, 0.1) is 4.92 Å². The number of nitrogens with zero attached hydrogens (tertiary/aromatic N) is 2. The van der Waals surface area contributed by atoms with Gasteiger partial charge in [-0.1, -0.05) is 12.1 Å². The van der Waals surface area contributed by atoms with Crippen LogP contribution < -0.4 is 10.5 Å². The van der Waals surface area contributed by atoms with Gasteiger partial charge in [-0.15, -0.1) is 0 Å². The zero-order valence-electron chi connectivity index (χ0n) is 11.2. The van der Waals surface area contributed by atoms with E-state index in [-0.39, 0.29) is 23.4 Å². The largest absolute Gasteiger partial charge is 0.432 e. The zero-order valence-corrected chi connectivity index (χ0v) is 11.2. The highest BCUT2D eigenvalue weighted by Crippen LogP contribution is 2.33. The second kappa shape index (κ2) is 5.66. The first-order valence-corrected chi connectivity index (χ1v) is 6.12. The van der Waals surface area contributed by atoms with Crippen LogP contribution in [0.1, 0.15) is 24.1 Å². The van der Waals surface area contributed by atoms with Gasteiger partial charge in [0.15, 0.2) is 0 Å². The third kappa shape index (κ3) is 2.92. The van der Waals surface area contributed by atoms with Crippen molar-refractivity contribution < 1.29 is 9.66 Å². The summed E-state index contributed by atoms with van der Waals surface area (Å²) in [5, 5.41) is 11.0. The summed E-state index contributed by atoms with van der Waals surface area (Å²) in [4.78, 5) is 14.6. The van der Waals surface area contributed by atoms with Crippen LogP contribution in [0.3, 0.4) is 0 Å². The van der Waals surface area contributed by atoms with Gasteiger partial charge in [-0.25, -0.2) is 4.98 Å². The van der Waals surface area contributed by atoms with E-state index in [2.05, 4.69) is 4.98 Å². The second-order valence-electron chi connectivity index (χ2n) is 4.50. The van der Waals surface area contributed by atoms with Crippen molar-refractivity contribution in [3.63, 3.8) is 0 Å². The fourth-order valence-electron chi connectivity index (χ4n) is 1.78. The number of nitrogens with two attached hydrogens (primary N) is 1. The van der Waals surface area contributed by atoms with Crippen LogP contribution in [0.2, 0.25) is 0 Å². The molecule has 0 radical (unpaired) electrons. The molecule has 0 amide bonds. The highest BCUT2D eigenvalue weighted by Gasteiger charge is 2.18. The molecular formula is C14H15N3O3. The molecule has 0 fully saturated rings.